The van der Waals surface area contributed by atoms with Crippen molar-refractivity contribution in [2.24, 2.45) is 3.34 Å². The van der Waals surface area contributed by atoms with Crippen molar-refractivity contribution in [3.8, 4) is 0 Å². The maximum absolute atomic E-state index is 8.93. The molecule has 1 aromatic carbocycles. The third kappa shape index (κ3) is 49.4. The smallest absolute Gasteiger partial charge is 0.0809 e. The molecule has 0 heterocycles. The van der Waals surface area contributed by atoms with Gasteiger partial charge in [-0.15, -0.1) is 13.2 Å². The van der Waals surface area contributed by atoms with Crippen LogP contribution in [0.3, 0.4) is 0 Å². The minimum absolute atomic E-state index is 0. The Kier molecular flexibility index (Phi) is 23.6. The number of hydrogen-bond donors (Lipinski definition) is 0. The standard InChI is InChI=1S/C5H5.C4H9N.2C2H5O.Nb/c1-2-4-5-3-1;1-4(2,3)5;2*1-2-3;/h1-5H;1-3H3;2*2H2,1H3;/q-1;;2*-1;. The maximum Gasteiger partial charge on any atom is -0.0809 e. The van der Waals surface area contributed by atoms with Crippen LogP contribution in [-0.4, -0.2) is 18.8 Å². The molecule has 0 saturated carbocycles. The van der Waals surface area contributed by atoms with E-state index in [4.69, 9.17) is 10.2 Å². The van der Waals surface area contributed by atoms with Gasteiger partial charge in [0.15, 0.2) is 0 Å². The molecule has 0 bridgehead atoms. The zero-order valence-electron chi connectivity index (χ0n) is 11.5. The zero-order valence-corrected chi connectivity index (χ0v) is 13.7. The molecule has 0 aromatic heterocycles. The Morgan fingerprint density at radius 1 is 1.06 bits per heavy atom. The van der Waals surface area contributed by atoms with Gasteiger partial charge in [0.2, 0.25) is 0 Å². The van der Waals surface area contributed by atoms with Gasteiger partial charge in [-0.2, -0.15) is 18.2 Å². The van der Waals surface area contributed by atoms with Crippen LogP contribution in [0, 0.1) is 0 Å². The third-order valence-electron chi connectivity index (χ3n) is 0.856. The van der Waals surface area contributed by atoms with Crippen molar-refractivity contribution in [1.29, 1.82) is 0 Å². The summed E-state index contributed by atoms with van der Waals surface area (Å²) in [5.74, 6) is 0. The van der Waals surface area contributed by atoms with Gasteiger partial charge in [-0.25, -0.2) is 12.1 Å². The van der Waals surface area contributed by atoms with Crippen LogP contribution in [0.5, 0.6) is 0 Å². The largest absolute Gasteiger partial charge is 0.855 e. The van der Waals surface area contributed by atoms with E-state index in [1.807, 2.05) is 30.3 Å². The van der Waals surface area contributed by atoms with Crippen LogP contribution in [0.25, 0.3) is 0 Å². The molecule has 4 heteroatoms. The first-order valence-electron chi connectivity index (χ1n) is 5.58. The first-order chi connectivity index (χ1) is 7.89. The molecule has 101 valence electrons. The Morgan fingerprint density at radius 2 is 1.29 bits per heavy atom. The summed E-state index contributed by atoms with van der Waals surface area (Å²) in [6.07, 6.45) is 0. The Morgan fingerprint density at radius 3 is 1.35 bits per heavy atom. The Bertz CT molecular complexity index is 186. The normalized spacial score (nSPS) is 8.35. The predicted molar refractivity (Wildman–Crippen MR) is 65.3 cm³/mol. The Balaban J connectivity index is -0.000000162. The van der Waals surface area contributed by atoms with Gasteiger partial charge in [0.25, 0.3) is 0 Å². The first-order valence-corrected chi connectivity index (χ1v) is 6.57. The summed E-state index contributed by atoms with van der Waals surface area (Å²) >= 11 is 1.52. The summed E-state index contributed by atoms with van der Waals surface area (Å²) in [7, 11) is 0. The van der Waals surface area contributed by atoms with E-state index in [2.05, 4.69) is 24.1 Å². The van der Waals surface area contributed by atoms with Gasteiger partial charge in [0.1, 0.15) is 0 Å². The van der Waals surface area contributed by atoms with Crippen LogP contribution in [-0.2, 0) is 20.9 Å². The van der Waals surface area contributed by atoms with Crippen molar-refractivity contribution in [2.75, 3.05) is 13.2 Å². The first kappa shape index (κ1) is 22.0. The molecule has 0 saturated heterocycles. The van der Waals surface area contributed by atoms with Crippen LogP contribution in [0.1, 0.15) is 34.6 Å². The van der Waals surface area contributed by atoms with Crippen molar-refractivity contribution in [1.82, 2.24) is 0 Å². The molecule has 0 atom stereocenters. The fourth-order valence-corrected chi connectivity index (χ4v) is 0.321. The molecule has 0 amide bonds. The summed E-state index contributed by atoms with van der Waals surface area (Å²) in [6, 6.07) is 10.0. The van der Waals surface area contributed by atoms with Gasteiger partial charge in [-0.3, -0.25) is 0 Å². The average Bonchev–Trinajstić information content (AvgIpc) is 2.77. The monoisotopic (exact) mass is 319 g/mol. The summed E-state index contributed by atoms with van der Waals surface area (Å²) in [5, 5.41) is 17.9. The van der Waals surface area contributed by atoms with Crippen LogP contribution >= 0.6 is 0 Å². The summed E-state index contributed by atoms with van der Waals surface area (Å²) in [6.45, 7) is 9.41. The molecule has 0 radical (unpaired) electrons. The fourth-order valence-electron chi connectivity index (χ4n) is 0.321. The molecule has 0 fully saturated rings. The molecule has 0 aliphatic rings. The van der Waals surface area contributed by atoms with Crippen LogP contribution in [0.4, 0.5) is 0 Å². The molecule has 1 rings (SSSR count). The van der Waals surface area contributed by atoms with Crippen LogP contribution < -0.4 is 10.2 Å². The minimum Gasteiger partial charge on any atom is -0.855 e. The molecule has 0 N–H and O–H groups in total. The van der Waals surface area contributed by atoms with Gasteiger partial charge in [-0.05, 0) is 0 Å². The van der Waals surface area contributed by atoms with Crippen LogP contribution in [0.2, 0.25) is 0 Å². The fraction of sp³-hybridized carbons (Fsp3) is 0.615. The second-order valence-corrected chi connectivity index (χ2v) is 4.30. The molecule has 0 spiro atoms. The number of nitrogens with zero attached hydrogens (tertiary/aromatic N) is 1. The van der Waals surface area contributed by atoms with E-state index in [0.29, 0.717) is 0 Å². The second kappa shape index (κ2) is 18.2. The van der Waals surface area contributed by atoms with Crippen molar-refractivity contribution >= 4 is 0 Å². The Labute approximate surface area is 118 Å². The predicted octanol–water partition coefficient (Wildman–Crippen LogP) is 1.65. The van der Waals surface area contributed by atoms with E-state index in [-0.39, 0.29) is 18.8 Å². The van der Waals surface area contributed by atoms with Crippen LogP contribution in [0.15, 0.2) is 33.7 Å². The van der Waals surface area contributed by atoms with E-state index in [9.17, 15) is 0 Å². The molecule has 3 nitrogen and oxygen atoms in total. The zero-order chi connectivity index (χ0) is 14.2. The Hall–Kier alpha value is -0.190. The summed E-state index contributed by atoms with van der Waals surface area (Å²) in [4.78, 5) is 0. The molecule has 17 heavy (non-hydrogen) atoms. The van der Waals surface area contributed by atoms with E-state index in [1.54, 1.807) is 13.8 Å². The van der Waals surface area contributed by atoms with Crippen molar-refractivity contribution < 1.29 is 31.1 Å². The van der Waals surface area contributed by atoms with E-state index >= 15 is 0 Å². The quantitative estimate of drug-likeness (QED) is 0.539. The molecule has 1 aromatic rings. The van der Waals surface area contributed by atoms with Gasteiger partial charge in [-0.1, -0.05) is 13.8 Å². The molecule has 0 unspecified atom stereocenters. The molecular formula is C13H24NNbO2-3. The van der Waals surface area contributed by atoms with Crippen molar-refractivity contribution in [3.63, 3.8) is 0 Å². The van der Waals surface area contributed by atoms with Gasteiger partial charge in [0, 0.05) is 0 Å². The van der Waals surface area contributed by atoms with Crippen molar-refractivity contribution in [2.45, 2.75) is 40.2 Å². The van der Waals surface area contributed by atoms with E-state index in [1.165, 1.54) is 20.9 Å². The number of hydrogen-bond acceptors (Lipinski definition) is 3. The van der Waals surface area contributed by atoms with Gasteiger partial charge < -0.3 is 10.2 Å². The molecule has 0 aliphatic heterocycles. The average molecular weight is 319 g/mol. The topological polar surface area (TPSA) is 58.5 Å². The van der Waals surface area contributed by atoms with Crippen molar-refractivity contribution in [3.05, 3.63) is 30.3 Å². The maximum atomic E-state index is 8.93. The van der Waals surface area contributed by atoms with Gasteiger partial charge >= 0.3 is 50.5 Å². The van der Waals surface area contributed by atoms with Gasteiger partial charge in [0.05, 0.1) is 0 Å². The minimum atomic E-state index is 0. The van der Waals surface area contributed by atoms with E-state index < -0.39 is 0 Å². The second-order valence-electron chi connectivity index (χ2n) is 3.81. The SMILES string of the molecule is CC(C)(C)[N]=[Nb].CC[O-].CC[O-].c1cc[cH-]c1. The van der Waals surface area contributed by atoms with E-state index in [0.717, 1.165) is 0 Å². The summed E-state index contributed by atoms with van der Waals surface area (Å²) in [5.41, 5.74) is 0.189. The molecular weight excluding hydrogens is 295 g/mol. The number of rotatable bonds is 0. The summed E-state index contributed by atoms with van der Waals surface area (Å²) < 4.78 is 4.07. The third-order valence-corrected chi connectivity index (χ3v) is 2.33. The molecule has 0 aliphatic carbocycles.